The normalized spacial score (nSPS) is 9.83. The number of rotatable bonds is 2. The molecule has 0 amide bonds. The predicted octanol–water partition coefficient (Wildman–Crippen LogP) is 2.69. The molecule has 12 heavy (non-hydrogen) atoms. The van der Waals surface area contributed by atoms with Crippen LogP contribution in [0.1, 0.15) is 5.56 Å². The van der Waals surface area contributed by atoms with Gasteiger partial charge in [0.2, 0.25) is 0 Å². The molecule has 4 heteroatoms. The van der Waals surface area contributed by atoms with Gasteiger partial charge in [0, 0.05) is 15.4 Å². The highest BCUT2D eigenvalue weighted by atomic mass is 79.9. The summed E-state index contributed by atoms with van der Waals surface area (Å²) in [6.45, 7) is 0. The minimum absolute atomic E-state index is 0.179. The summed E-state index contributed by atoms with van der Waals surface area (Å²) >= 11 is 6.74. The van der Waals surface area contributed by atoms with E-state index in [4.69, 9.17) is 11.1 Å². The topological polar surface area (TPSA) is 49.9 Å². The second-order valence-electron chi connectivity index (χ2n) is 2.44. The summed E-state index contributed by atoms with van der Waals surface area (Å²) in [5.74, 6) is 0.179. The molecule has 0 aromatic heterocycles. The van der Waals surface area contributed by atoms with E-state index >= 15 is 0 Å². The molecule has 0 radical (unpaired) electrons. The molecular formula is C8H8Br2N2. The quantitative estimate of drug-likeness (QED) is 0.639. The first-order chi connectivity index (χ1) is 5.59. The highest BCUT2D eigenvalue weighted by molar-refractivity contribution is 9.11. The standard InChI is InChI=1S/C8H8Br2N2/c9-6-2-1-5(3-8(11)12)7(10)4-6/h1-2,4H,3H2,(H3,11,12). The zero-order valence-electron chi connectivity index (χ0n) is 6.27. The van der Waals surface area contributed by atoms with Gasteiger partial charge in [0.1, 0.15) is 0 Å². The number of hydrogen-bond donors (Lipinski definition) is 2. The number of hydrogen-bond acceptors (Lipinski definition) is 1. The molecule has 0 heterocycles. The molecule has 0 saturated carbocycles. The lowest BCUT2D eigenvalue weighted by Crippen LogP contribution is -2.12. The maximum absolute atomic E-state index is 7.13. The Balaban J connectivity index is 2.93. The van der Waals surface area contributed by atoms with Crippen LogP contribution in [-0.4, -0.2) is 5.84 Å². The Bertz CT molecular complexity index is 310. The van der Waals surface area contributed by atoms with E-state index in [1.165, 1.54) is 0 Å². The van der Waals surface area contributed by atoms with Crippen LogP contribution in [0.5, 0.6) is 0 Å². The van der Waals surface area contributed by atoms with Crippen LogP contribution in [0.3, 0.4) is 0 Å². The van der Waals surface area contributed by atoms with Crippen molar-refractivity contribution in [2.75, 3.05) is 0 Å². The van der Waals surface area contributed by atoms with Gasteiger partial charge in [0.15, 0.2) is 0 Å². The van der Waals surface area contributed by atoms with Crippen LogP contribution in [0, 0.1) is 5.41 Å². The summed E-state index contributed by atoms with van der Waals surface area (Å²) in [6.07, 6.45) is 0.494. The van der Waals surface area contributed by atoms with Gasteiger partial charge in [0.25, 0.3) is 0 Å². The zero-order chi connectivity index (χ0) is 9.14. The van der Waals surface area contributed by atoms with Crippen molar-refractivity contribution in [1.82, 2.24) is 0 Å². The zero-order valence-corrected chi connectivity index (χ0v) is 9.44. The van der Waals surface area contributed by atoms with Gasteiger partial charge in [-0.25, -0.2) is 0 Å². The van der Waals surface area contributed by atoms with E-state index in [2.05, 4.69) is 31.9 Å². The van der Waals surface area contributed by atoms with Crippen LogP contribution in [0.4, 0.5) is 0 Å². The summed E-state index contributed by atoms with van der Waals surface area (Å²) < 4.78 is 1.99. The monoisotopic (exact) mass is 290 g/mol. The lowest BCUT2D eigenvalue weighted by Gasteiger charge is -2.02. The van der Waals surface area contributed by atoms with Crippen molar-refractivity contribution in [2.45, 2.75) is 6.42 Å². The largest absolute Gasteiger partial charge is 0.387 e. The summed E-state index contributed by atoms with van der Waals surface area (Å²) in [7, 11) is 0. The highest BCUT2D eigenvalue weighted by Crippen LogP contribution is 2.21. The van der Waals surface area contributed by atoms with Gasteiger partial charge in [-0.2, -0.15) is 0 Å². The number of nitrogens with one attached hydrogen (secondary N) is 1. The number of amidine groups is 1. The van der Waals surface area contributed by atoms with Crippen LogP contribution in [0.25, 0.3) is 0 Å². The third-order valence-corrected chi connectivity index (χ3v) is 2.63. The maximum atomic E-state index is 7.13. The molecule has 2 nitrogen and oxygen atoms in total. The van der Waals surface area contributed by atoms with Crippen molar-refractivity contribution in [3.05, 3.63) is 32.7 Å². The van der Waals surface area contributed by atoms with E-state index < -0.39 is 0 Å². The van der Waals surface area contributed by atoms with Gasteiger partial charge >= 0.3 is 0 Å². The van der Waals surface area contributed by atoms with Crippen LogP contribution < -0.4 is 5.73 Å². The lowest BCUT2D eigenvalue weighted by molar-refractivity contribution is 1.23. The molecule has 0 unspecified atom stereocenters. The molecule has 1 aromatic rings. The van der Waals surface area contributed by atoms with E-state index in [-0.39, 0.29) is 5.84 Å². The van der Waals surface area contributed by atoms with Gasteiger partial charge in [-0.1, -0.05) is 37.9 Å². The number of halogens is 2. The minimum Gasteiger partial charge on any atom is -0.387 e. The van der Waals surface area contributed by atoms with Gasteiger partial charge < -0.3 is 5.73 Å². The van der Waals surface area contributed by atoms with Gasteiger partial charge in [-0.05, 0) is 17.7 Å². The van der Waals surface area contributed by atoms with E-state index in [0.717, 1.165) is 14.5 Å². The van der Waals surface area contributed by atoms with Crippen LogP contribution in [0.15, 0.2) is 27.1 Å². The average Bonchev–Trinajstić information content (AvgIpc) is 1.94. The predicted molar refractivity (Wildman–Crippen MR) is 57.5 cm³/mol. The number of benzene rings is 1. The third-order valence-electron chi connectivity index (χ3n) is 1.40. The molecule has 0 saturated heterocycles. The fourth-order valence-electron chi connectivity index (χ4n) is 0.870. The SMILES string of the molecule is N=C(N)Cc1ccc(Br)cc1Br. The molecule has 3 N–H and O–H groups in total. The second-order valence-corrected chi connectivity index (χ2v) is 4.21. The van der Waals surface area contributed by atoms with E-state index in [1.54, 1.807) is 0 Å². The van der Waals surface area contributed by atoms with Crippen molar-refractivity contribution < 1.29 is 0 Å². The number of nitrogens with two attached hydrogens (primary N) is 1. The molecule has 0 aliphatic heterocycles. The van der Waals surface area contributed by atoms with Crippen molar-refractivity contribution in [3.8, 4) is 0 Å². The van der Waals surface area contributed by atoms with Crippen molar-refractivity contribution >= 4 is 37.7 Å². The fraction of sp³-hybridized carbons (Fsp3) is 0.125. The summed E-state index contributed by atoms with van der Waals surface area (Å²) in [4.78, 5) is 0. The minimum atomic E-state index is 0.179. The third kappa shape index (κ3) is 2.60. The highest BCUT2D eigenvalue weighted by Gasteiger charge is 2.01. The second kappa shape index (κ2) is 4.05. The van der Waals surface area contributed by atoms with Crippen LogP contribution >= 0.6 is 31.9 Å². The van der Waals surface area contributed by atoms with E-state index in [9.17, 15) is 0 Å². The summed E-state index contributed by atoms with van der Waals surface area (Å²) in [5, 5.41) is 7.13. The summed E-state index contributed by atoms with van der Waals surface area (Å²) in [5.41, 5.74) is 6.32. The van der Waals surface area contributed by atoms with Gasteiger partial charge in [0.05, 0.1) is 5.84 Å². The molecule has 0 aliphatic carbocycles. The molecule has 0 fully saturated rings. The molecule has 0 spiro atoms. The van der Waals surface area contributed by atoms with E-state index in [0.29, 0.717) is 6.42 Å². The maximum Gasteiger partial charge on any atom is 0.0950 e. The molecule has 1 rings (SSSR count). The molecular weight excluding hydrogens is 284 g/mol. The Labute approximate surface area is 87.9 Å². The van der Waals surface area contributed by atoms with Crippen LogP contribution in [-0.2, 0) is 6.42 Å². The van der Waals surface area contributed by atoms with Crippen molar-refractivity contribution in [2.24, 2.45) is 5.73 Å². The molecule has 1 aromatic carbocycles. The lowest BCUT2D eigenvalue weighted by atomic mass is 10.1. The Morgan fingerprint density at radius 2 is 2.08 bits per heavy atom. The fourth-order valence-corrected chi connectivity index (χ4v) is 2.06. The Morgan fingerprint density at radius 3 is 2.58 bits per heavy atom. The summed E-state index contributed by atoms with van der Waals surface area (Å²) in [6, 6.07) is 5.82. The molecule has 0 atom stereocenters. The molecule has 0 bridgehead atoms. The molecule has 64 valence electrons. The Morgan fingerprint density at radius 1 is 1.42 bits per heavy atom. The first kappa shape index (κ1) is 9.74. The van der Waals surface area contributed by atoms with Crippen molar-refractivity contribution in [3.63, 3.8) is 0 Å². The molecule has 0 aliphatic rings. The van der Waals surface area contributed by atoms with Gasteiger partial charge in [-0.3, -0.25) is 5.41 Å². The average molecular weight is 292 g/mol. The first-order valence-electron chi connectivity index (χ1n) is 3.36. The van der Waals surface area contributed by atoms with Gasteiger partial charge in [-0.15, -0.1) is 0 Å². The van der Waals surface area contributed by atoms with E-state index in [1.807, 2.05) is 18.2 Å². The van der Waals surface area contributed by atoms with Crippen molar-refractivity contribution in [1.29, 1.82) is 5.41 Å². The smallest absolute Gasteiger partial charge is 0.0950 e. The van der Waals surface area contributed by atoms with Crippen LogP contribution in [0.2, 0.25) is 0 Å². The first-order valence-corrected chi connectivity index (χ1v) is 4.95. The Hall–Kier alpha value is -0.350. The Kier molecular flexibility index (Phi) is 3.29.